The van der Waals surface area contributed by atoms with Gasteiger partial charge in [0.2, 0.25) is 0 Å². The van der Waals surface area contributed by atoms with E-state index in [0.29, 0.717) is 0 Å². The fraction of sp³-hybridized carbons (Fsp3) is 0.143. The third-order valence-electron chi connectivity index (χ3n) is 2.40. The molecule has 2 aromatic carbocycles. The summed E-state index contributed by atoms with van der Waals surface area (Å²) in [6, 6.07) is 15.5. The van der Waals surface area contributed by atoms with Crippen LogP contribution in [-0.4, -0.2) is 0 Å². The van der Waals surface area contributed by atoms with Crippen molar-refractivity contribution in [3.8, 4) is 11.5 Å². The lowest BCUT2D eigenvalue weighted by Gasteiger charge is -2.10. The van der Waals surface area contributed by atoms with Crippen LogP contribution in [0.4, 0.5) is 0 Å². The molecule has 0 aliphatic rings. The molecule has 0 saturated carbocycles. The average Bonchev–Trinajstić information content (AvgIpc) is 2.31. The summed E-state index contributed by atoms with van der Waals surface area (Å²) < 4.78 is 5.80. The van der Waals surface area contributed by atoms with Gasteiger partial charge in [-0.3, -0.25) is 0 Å². The Hall–Kier alpha value is -1.47. The summed E-state index contributed by atoms with van der Waals surface area (Å²) in [5.41, 5.74) is 1.05. The number of rotatable bonds is 3. The highest BCUT2D eigenvalue weighted by Crippen LogP contribution is 2.30. The maximum atomic E-state index is 6.12. The van der Waals surface area contributed by atoms with Gasteiger partial charge in [0.15, 0.2) is 0 Å². The van der Waals surface area contributed by atoms with Crippen molar-refractivity contribution >= 4 is 11.6 Å². The van der Waals surface area contributed by atoms with Crippen LogP contribution < -0.4 is 4.74 Å². The Morgan fingerprint density at radius 2 is 1.75 bits per heavy atom. The maximum absolute atomic E-state index is 6.12. The number of ether oxygens (including phenoxy) is 1. The molecule has 0 saturated heterocycles. The lowest BCUT2D eigenvalue weighted by atomic mass is 10.1. The maximum Gasteiger partial charge on any atom is 0.132 e. The summed E-state index contributed by atoms with van der Waals surface area (Å²) in [5, 5.41) is 0.760. The van der Waals surface area contributed by atoms with Crippen LogP contribution in [0, 0.1) is 0 Å². The van der Waals surface area contributed by atoms with Gasteiger partial charge in [-0.25, -0.2) is 0 Å². The second kappa shape index (κ2) is 5.04. The highest BCUT2D eigenvalue weighted by molar-refractivity contribution is 6.31. The normalized spacial score (nSPS) is 10.1. The van der Waals surface area contributed by atoms with Gasteiger partial charge in [0.25, 0.3) is 0 Å². The predicted octanol–water partition coefficient (Wildman–Crippen LogP) is 4.69. The van der Waals surface area contributed by atoms with Gasteiger partial charge in [-0.05, 0) is 30.7 Å². The number of hydrogen-bond acceptors (Lipinski definition) is 1. The second-order valence-electron chi connectivity index (χ2n) is 3.49. The van der Waals surface area contributed by atoms with Crippen molar-refractivity contribution in [1.29, 1.82) is 0 Å². The molecule has 0 atom stereocenters. The van der Waals surface area contributed by atoms with Gasteiger partial charge in [0, 0.05) is 10.6 Å². The first-order valence-corrected chi connectivity index (χ1v) is 5.69. The largest absolute Gasteiger partial charge is 0.457 e. The molecule has 2 heteroatoms. The molecule has 0 spiro atoms. The Labute approximate surface area is 101 Å². The molecule has 2 rings (SSSR count). The minimum atomic E-state index is 0.760. The molecule has 0 radical (unpaired) electrons. The third-order valence-corrected chi connectivity index (χ3v) is 2.75. The summed E-state index contributed by atoms with van der Waals surface area (Å²) in [6.07, 6.45) is 0.863. The molecular formula is C14H13ClO. The molecular weight excluding hydrogens is 220 g/mol. The Balaban J connectivity index is 2.31. The first-order valence-electron chi connectivity index (χ1n) is 5.31. The molecule has 0 aliphatic heterocycles. The highest BCUT2D eigenvalue weighted by atomic mass is 35.5. The van der Waals surface area contributed by atoms with E-state index in [-0.39, 0.29) is 0 Å². The Morgan fingerprint density at radius 1 is 1.00 bits per heavy atom. The lowest BCUT2D eigenvalue weighted by molar-refractivity contribution is 0.477. The summed E-state index contributed by atoms with van der Waals surface area (Å²) >= 11 is 6.12. The first kappa shape index (κ1) is 11.0. The fourth-order valence-electron chi connectivity index (χ4n) is 1.59. The van der Waals surface area contributed by atoms with E-state index in [1.165, 1.54) is 0 Å². The van der Waals surface area contributed by atoms with Crippen LogP contribution in [0.25, 0.3) is 0 Å². The van der Waals surface area contributed by atoms with E-state index in [1.54, 1.807) is 0 Å². The average molecular weight is 233 g/mol. The number of benzene rings is 2. The van der Waals surface area contributed by atoms with Gasteiger partial charge in [0.05, 0.1) is 0 Å². The second-order valence-corrected chi connectivity index (χ2v) is 3.89. The number of hydrogen-bond donors (Lipinski definition) is 0. The van der Waals surface area contributed by atoms with Crippen molar-refractivity contribution in [2.45, 2.75) is 13.3 Å². The monoisotopic (exact) mass is 232 g/mol. The number of para-hydroxylation sites is 1. The van der Waals surface area contributed by atoms with Crippen molar-refractivity contribution in [3.05, 3.63) is 59.1 Å². The van der Waals surface area contributed by atoms with Crippen LogP contribution in [0.5, 0.6) is 11.5 Å². The van der Waals surface area contributed by atoms with Gasteiger partial charge in [-0.15, -0.1) is 0 Å². The van der Waals surface area contributed by atoms with E-state index in [2.05, 4.69) is 6.92 Å². The van der Waals surface area contributed by atoms with E-state index in [4.69, 9.17) is 16.3 Å². The van der Waals surface area contributed by atoms with Crippen molar-refractivity contribution in [2.24, 2.45) is 0 Å². The van der Waals surface area contributed by atoms with Crippen LogP contribution in [0.3, 0.4) is 0 Å². The van der Waals surface area contributed by atoms with E-state index >= 15 is 0 Å². The van der Waals surface area contributed by atoms with E-state index in [0.717, 1.165) is 28.5 Å². The zero-order valence-electron chi connectivity index (χ0n) is 9.11. The van der Waals surface area contributed by atoms with Crippen LogP contribution in [0.15, 0.2) is 48.5 Å². The molecule has 0 fully saturated rings. The van der Waals surface area contributed by atoms with Gasteiger partial charge in [-0.1, -0.05) is 42.8 Å². The molecule has 0 unspecified atom stereocenters. The molecule has 0 bridgehead atoms. The minimum absolute atomic E-state index is 0.760. The molecule has 82 valence electrons. The van der Waals surface area contributed by atoms with Gasteiger partial charge in [0.1, 0.15) is 11.5 Å². The number of halogens is 1. The molecule has 1 nitrogen and oxygen atoms in total. The Morgan fingerprint density at radius 3 is 2.44 bits per heavy atom. The topological polar surface area (TPSA) is 9.23 Å². The van der Waals surface area contributed by atoms with Crippen LogP contribution in [-0.2, 0) is 6.42 Å². The molecule has 0 N–H and O–H groups in total. The zero-order valence-corrected chi connectivity index (χ0v) is 9.87. The zero-order chi connectivity index (χ0) is 11.4. The van der Waals surface area contributed by atoms with Gasteiger partial charge < -0.3 is 4.74 Å². The third kappa shape index (κ3) is 2.37. The van der Waals surface area contributed by atoms with Gasteiger partial charge >= 0.3 is 0 Å². The first-order chi connectivity index (χ1) is 7.81. The van der Waals surface area contributed by atoms with Crippen LogP contribution >= 0.6 is 11.6 Å². The van der Waals surface area contributed by atoms with Crippen molar-refractivity contribution in [3.63, 3.8) is 0 Å². The molecule has 16 heavy (non-hydrogen) atoms. The quantitative estimate of drug-likeness (QED) is 0.746. The summed E-state index contributed by atoms with van der Waals surface area (Å²) in [7, 11) is 0. The standard InChI is InChI=1S/C14H13ClO/c1-2-12-13(15)9-6-10-14(12)16-11-7-4-3-5-8-11/h3-10H,2H2,1H3. The fourth-order valence-corrected chi connectivity index (χ4v) is 1.89. The SMILES string of the molecule is CCc1c(Cl)cccc1Oc1ccccc1. The highest BCUT2D eigenvalue weighted by Gasteiger charge is 2.06. The summed E-state index contributed by atoms with van der Waals surface area (Å²) in [5.74, 6) is 1.67. The van der Waals surface area contributed by atoms with Gasteiger partial charge in [-0.2, -0.15) is 0 Å². The van der Waals surface area contributed by atoms with Crippen LogP contribution in [0.2, 0.25) is 5.02 Å². The van der Waals surface area contributed by atoms with Crippen molar-refractivity contribution < 1.29 is 4.74 Å². The molecule has 2 aromatic rings. The molecule has 0 aromatic heterocycles. The smallest absolute Gasteiger partial charge is 0.132 e. The lowest BCUT2D eigenvalue weighted by Crippen LogP contribution is -1.91. The molecule has 0 aliphatic carbocycles. The predicted molar refractivity (Wildman–Crippen MR) is 67.3 cm³/mol. The van der Waals surface area contributed by atoms with Crippen LogP contribution in [0.1, 0.15) is 12.5 Å². The van der Waals surface area contributed by atoms with Crippen molar-refractivity contribution in [1.82, 2.24) is 0 Å². The minimum Gasteiger partial charge on any atom is -0.457 e. The Kier molecular flexibility index (Phi) is 3.47. The van der Waals surface area contributed by atoms with E-state index in [1.807, 2.05) is 48.5 Å². The Bertz CT molecular complexity index is 465. The van der Waals surface area contributed by atoms with E-state index in [9.17, 15) is 0 Å². The summed E-state index contributed by atoms with van der Waals surface area (Å²) in [4.78, 5) is 0. The van der Waals surface area contributed by atoms with E-state index < -0.39 is 0 Å². The summed E-state index contributed by atoms with van der Waals surface area (Å²) in [6.45, 7) is 2.07. The molecule has 0 heterocycles. The van der Waals surface area contributed by atoms with Crippen molar-refractivity contribution in [2.75, 3.05) is 0 Å². The molecule has 0 amide bonds.